The molecule has 0 unspecified atom stereocenters. The molecule has 3 heteroatoms. The van der Waals surface area contributed by atoms with E-state index in [1.54, 1.807) is 32.4 Å². The second-order valence-corrected chi connectivity index (χ2v) is 6.22. The normalized spacial score (nSPS) is 11.1. The molecule has 116 valence electrons. The maximum absolute atomic E-state index is 12.7. The van der Waals surface area contributed by atoms with E-state index in [1.807, 2.05) is 24.3 Å². The summed E-state index contributed by atoms with van der Waals surface area (Å²) < 4.78 is 10.5. The van der Waals surface area contributed by atoms with Crippen LogP contribution in [0.4, 0.5) is 0 Å². The number of ether oxygens (including phenoxy) is 2. The molecular formula is C19H22O3. The molecule has 0 bridgehead atoms. The van der Waals surface area contributed by atoms with Crippen molar-refractivity contribution in [3.63, 3.8) is 0 Å². The Balaban J connectivity index is 2.36. The zero-order valence-electron chi connectivity index (χ0n) is 13.8. The molecule has 2 aromatic rings. The molecule has 0 saturated heterocycles. The van der Waals surface area contributed by atoms with Gasteiger partial charge in [0, 0.05) is 11.6 Å². The summed E-state index contributed by atoms with van der Waals surface area (Å²) in [5.41, 5.74) is 2.45. The Kier molecular flexibility index (Phi) is 4.55. The minimum Gasteiger partial charge on any atom is -0.497 e. The minimum atomic E-state index is -0.0556. The van der Waals surface area contributed by atoms with Crippen LogP contribution in [-0.2, 0) is 5.41 Å². The highest BCUT2D eigenvalue weighted by atomic mass is 16.5. The molecule has 22 heavy (non-hydrogen) atoms. The summed E-state index contributed by atoms with van der Waals surface area (Å²) in [6.45, 7) is 6.45. The first-order valence-electron chi connectivity index (χ1n) is 7.24. The zero-order valence-corrected chi connectivity index (χ0v) is 13.8. The summed E-state index contributed by atoms with van der Waals surface area (Å²) in [6.07, 6.45) is 0. The van der Waals surface area contributed by atoms with Crippen LogP contribution in [-0.4, -0.2) is 20.0 Å². The molecular weight excluding hydrogens is 276 g/mol. The van der Waals surface area contributed by atoms with E-state index in [4.69, 9.17) is 9.47 Å². The zero-order chi connectivity index (χ0) is 16.3. The maximum atomic E-state index is 12.7. The Labute approximate surface area is 131 Å². The summed E-state index contributed by atoms with van der Waals surface area (Å²) in [4.78, 5) is 12.7. The van der Waals surface area contributed by atoms with Crippen molar-refractivity contribution in [3.05, 3.63) is 59.2 Å². The van der Waals surface area contributed by atoms with Crippen molar-refractivity contribution in [1.82, 2.24) is 0 Å². The van der Waals surface area contributed by atoms with Crippen LogP contribution in [0.25, 0.3) is 0 Å². The van der Waals surface area contributed by atoms with E-state index in [2.05, 4.69) is 20.8 Å². The van der Waals surface area contributed by atoms with E-state index < -0.39 is 0 Å². The topological polar surface area (TPSA) is 35.5 Å². The highest BCUT2D eigenvalue weighted by Crippen LogP contribution is 2.28. The monoisotopic (exact) mass is 298 g/mol. The number of carbonyl (C=O) groups excluding carboxylic acids is 1. The second kappa shape index (κ2) is 6.22. The highest BCUT2D eigenvalue weighted by Gasteiger charge is 2.17. The van der Waals surface area contributed by atoms with Crippen LogP contribution in [0.15, 0.2) is 42.5 Å². The van der Waals surface area contributed by atoms with Crippen molar-refractivity contribution < 1.29 is 14.3 Å². The molecule has 2 aromatic carbocycles. The molecule has 0 aliphatic carbocycles. The fourth-order valence-electron chi connectivity index (χ4n) is 2.26. The Morgan fingerprint density at radius 2 is 1.55 bits per heavy atom. The number of hydrogen-bond donors (Lipinski definition) is 0. The summed E-state index contributed by atoms with van der Waals surface area (Å²) in [5.74, 6) is 1.13. The third-order valence-corrected chi connectivity index (χ3v) is 3.67. The molecule has 0 aliphatic rings. The average molecular weight is 298 g/mol. The summed E-state index contributed by atoms with van der Waals surface area (Å²) in [6, 6.07) is 13.0. The smallest absolute Gasteiger partial charge is 0.196 e. The van der Waals surface area contributed by atoms with Gasteiger partial charge in [0.05, 0.1) is 19.8 Å². The molecule has 0 atom stereocenters. The van der Waals surface area contributed by atoms with Gasteiger partial charge < -0.3 is 9.47 Å². The predicted octanol–water partition coefficient (Wildman–Crippen LogP) is 4.23. The predicted molar refractivity (Wildman–Crippen MR) is 88.1 cm³/mol. The van der Waals surface area contributed by atoms with Gasteiger partial charge >= 0.3 is 0 Å². The van der Waals surface area contributed by atoms with E-state index in [0.717, 1.165) is 0 Å². The van der Waals surface area contributed by atoms with Crippen molar-refractivity contribution in [2.24, 2.45) is 0 Å². The molecule has 0 radical (unpaired) electrons. The molecule has 0 spiro atoms. The van der Waals surface area contributed by atoms with Crippen LogP contribution >= 0.6 is 0 Å². The Morgan fingerprint density at radius 1 is 0.909 bits per heavy atom. The number of benzene rings is 2. The lowest BCUT2D eigenvalue weighted by Gasteiger charge is -2.19. The SMILES string of the molecule is COc1ccc(C(=O)c2ccc(C(C)(C)C)cc2)c(OC)c1. The average Bonchev–Trinajstić information content (AvgIpc) is 2.52. The molecule has 3 nitrogen and oxygen atoms in total. The molecule has 0 saturated carbocycles. The quantitative estimate of drug-likeness (QED) is 0.792. The van der Waals surface area contributed by atoms with Crippen LogP contribution in [0.1, 0.15) is 42.3 Å². The van der Waals surface area contributed by atoms with Gasteiger partial charge in [-0.15, -0.1) is 0 Å². The summed E-state index contributed by atoms with van der Waals surface area (Å²) in [5, 5.41) is 0. The Morgan fingerprint density at radius 3 is 2.05 bits per heavy atom. The fourth-order valence-corrected chi connectivity index (χ4v) is 2.26. The molecule has 0 aliphatic heterocycles. The van der Waals surface area contributed by atoms with Gasteiger partial charge in [-0.1, -0.05) is 45.0 Å². The minimum absolute atomic E-state index is 0.0556. The van der Waals surface area contributed by atoms with Gasteiger partial charge in [0.25, 0.3) is 0 Å². The van der Waals surface area contributed by atoms with Crippen molar-refractivity contribution in [2.45, 2.75) is 26.2 Å². The van der Waals surface area contributed by atoms with Gasteiger partial charge in [-0.2, -0.15) is 0 Å². The maximum Gasteiger partial charge on any atom is 0.196 e. The lowest BCUT2D eigenvalue weighted by molar-refractivity contribution is 0.103. The van der Waals surface area contributed by atoms with Gasteiger partial charge in [0.2, 0.25) is 0 Å². The number of hydrogen-bond acceptors (Lipinski definition) is 3. The molecule has 0 amide bonds. The van der Waals surface area contributed by atoms with E-state index in [0.29, 0.717) is 22.6 Å². The van der Waals surface area contributed by atoms with Crippen molar-refractivity contribution in [2.75, 3.05) is 14.2 Å². The molecule has 2 rings (SSSR count). The van der Waals surface area contributed by atoms with Crippen LogP contribution in [0.5, 0.6) is 11.5 Å². The van der Waals surface area contributed by atoms with Crippen LogP contribution < -0.4 is 9.47 Å². The Hall–Kier alpha value is -2.29. The lowest BCUT2D eigenvalue weighted by atomic mass is 9.86. The molecule has 0 aromatic heterocycles. The van der Waals surface area contributed by atoms with Gasteiger partial charge in [-0.05, 0) is 23.1 Å². The van der Waals surface area contributed by atoms with Crippen LogP contribution in [0.2, 0.25) is 0 Å². The standard InChI is InChI=1S/C19H22O3/c1-19(2,3)14-8-6-13(7-9-14)18(20)16-11-10-15(21-4)12-17(16)22-5/h6-12H,1-5H3. The van der Waals surface area contributed by atoms with Gasteiger partial charge in [0.15, 0.2) is 5.78 Å². The first-order chi connectivity index (χ1) is 10.4. The number of rotatable bonds is 4. The van der Waals surface area contributed by atoms with E-state index in [-0.39, 0.29) is 11.2 Å². The van der Waals surface area contributed by atoms with Gasteiger partial charge in [-0.3, -0.25) is 4.79 Å². The van der Waals surface area contributed by atoms with E-state index >= 15 is 0 Å². The summed E-state index contributed by atoms with van der Waals surface area (Å²) >= 11 is 0. The Bertz CT molecular complexity index is 664. The van der Waals surface area contributed by atoms with Crippen LogP contribution in [0, 0.1) is 0 Å². The second-order valence-electron chi connectivity index (χ2n) is 6.22. The number of carbonyl (C=O) groups is 1. The van der Waals surface area contributed by atoms with E-state index in [9.17, 15) is 4.79 Å². The van der Waals surface area contributed by atoms with E-state index in [1.165, 1.54) is 5.56 Å². The van der Waals surface area contributed by atoms with Gasteiger partial charge in [0.1, 0.15) is 11.5 Å². The molecule has 0 heterocycles. The number of ketones is 1. The van der Waals surface area contributed by atoms with Crippen molar-refractivity contribution >= 4 is 5.78 Å². The van der Waals surface area contributed by atoms with Crippen molar-refractivity contribution in [1.29, 1.82) is 0 Å². The third-order valence-electron chi connectivity index (χ3n) is 3.67. The third kappa shape index (κ3) is 3.30. The molecule has 0 N–H and O–H groups in total. The lowest BCUT2D eigenvalue weighted by Crippen LogP contribution is -2.11. The summed E-state index contributed by atoms with van der Waals surface area (Å²) in [7, 11) is 3.13. The first-order valence-corrected chi connectivity index (χ1v) is 7.24. The van der Waals surface area contributed by atoms with Gasteiger partial charge in [-0.25, -0.2) is 0 Å². The number of methoxy groups -OCH3 is 2. The molecule has 0 fully saturated rings. The first kappa shape index (κ1) is 16.1. The highest BCUT2D eigenvalue weighted by molar-refractivity contribution is 6.10. The fraction of sp³-hybridized carbons (Fsp3) is 0.316. The van der Waals surface area contributed by atoms with Crippen LogP contribution in [0.3, 0.4) is 0 Å². The largest absolute Gasteiger partial charge is 0.497 e. The van der Waals surface area contributed by atoms with Crippen molar-refractivity contribution in [3.8, 4) is 11.5 Å².